The standard InChI is InChI=1S/C18H18O6/c1-10(2)8-15(23-11(3)19)17-14(22-5)9-13(21-4)12-6-7-16(20)24-18(12)17/h6-9H,1H2,2-5H3/b15-8+. The van der Waals surface area contributed by atoms with Gasteiger partial charge in [0.15, 0.2) is 5.58 Å². The minimum Gasteiger partial charge on any atom is -0.496 e. The molecular formula is C18H18O6. The summed E-state index contributed by atoms with van der Waals surface area (Å²) >= 11 is 0. The van der Waals surface area contributed by atoms with E-state index >= 15 is 0 Å². The molecule has 6 heteroatoms. The Morgan fingerprint density at radius 3 is 2.38 bits per heavy atom. The number of esters is 1. The van der Waals surface area contributed by atoms with E-state index in [-0.39, 0.29) is 11.3 Å². The van der Waals surface area contributed by atoms with Gasteiger partial charge >= 0.3 is 11.6 Å². The number of carbonyl (C=O) groups is 1. The maximum atomic E-state index is 11.7. The van der Waals surface area contributed by atoms with Crippen molar-refractivity contribution in [2.24, 2.45) is 0 Å². The van der Waals surface area contributed by atoms with Crippen LogP contribution in [0.15, 0.2) is 45.6 Å². The van der Waals surface area contributed by atoms with Crippen LogP contribution in [0, 0.1) is 0 Å². The molecule has 0 radical (unpaired) electrons. The molecule has 0 spiro atoms. The van der Waals surface area contributed by atoms with Gasteiger partial charge in [0.05, 0.1) is 19.6 Å². The van der Waals surface area contributed by atoms with E-state index in [9.17, 15) is 9.59 Å². The van der Waals surface area contributed by atoms with Crippen molar-refractivity contribution in [3.05, 3.63) is 52.4 Å². The number of benzene rings is 1. The fraction of sp³-hybridized carbons (Fsp3) is 0.222. The zero-order chi connectivity index (χ0) is 17.9. The van der Waals surface area contributed by atoms with Crippen LogP contribution >= 0.6 is 0 Å². The lowest BCUT2D eigenvalue weighted by Gasteiger charge is -2.15. The van der Waals surface area contributed by atoms with Crippen LogP contribution < -0.4 is 15.1 Å². The third-order valence-electron chi connectivity index (χ3n) is 3.15. The van der Waals surface area contributed by atoms with Gasteiger partial charge in [0.25, 0.3) is 0 Å². The van der Waals surface area contributed by atoms with E-state index in [0.717, 1.165) is 0 Å². The largest absolute Gasteiger partial charge is 0.496 e. The molecule has 0 aliphatic carbocycles. The highest BCUT2D eigenvalue weighted by Crippen LogP contribution is 2.39. The maximum Gasteiger partial charge on any atom is 0.336 e. The summed E-state index contributed by atoms with van der Waals surface area (Å²) in [6.45, 7) is 6.82. The minimum atomic E-state index is -0.545. The first kappa shape index (κ1) is 17.3. The Morgan fingerprint density at radius 1 is 1.17 bits per heavy atom. The van der Waals surface area contributed by atoms with E-state index in [0.29, 0.717) is 28.0 Å². The molecule has 1 aromatic carbocycles. The van der Waals surface area contributed by atoms with Gasteiger partial charge in [-0.25, -0.2) is 4.79 Å². The van der Waals surface area contributed by atoms with Gasteiger partial charge in [-0.15, -0.1) is 0 Å². The van der Waals surface area contributed by atoms with Gasteiger partial charge in [0.2, 0.25) is 0 Å². The first-order chi connectivity index (χ1) is 11.4. The molecule has 0 aliphatic heterocycles. The van der Waals surface area contributed by atoms with Crippen molar-refractivity contribution >= 4 is 22.7 Å². The van der Waals surface area contributed by atoms with Crippen LogP contribution in [0.4, 0.5) is 0 Å². The summed E-state index contributed by atoms with van der Waals surface area (Å²) in [5.74, 6) is 0.454. The van der Waals surface area contributed by atoms with Gasteiger partial charge in [-0.2, -0.15) is 0 Å². The van der Waals surface area contributed by atoms with Crippen LogP contribution in [-0.2, 0) is 9.53 Å². The number of hydrogen-bond acceptors (Lipinski definition) is 6. The van der Waals surface area contributed by atoms with Crippen molar-refractivity contribution in [1.29, 1.82) is 0 Å². The van der Waals surface area contributed by atoms with Crippen molar-refractivity contribution in [1.82, 2.24) is 0 Å². The van der Waals surface area contributed by atoms with Crippen LogP contribution in [0.1, 0.15) is 19.4 Å². The van der Waals surface area contributed by atoms with Crippen LogP contribution in [0.3, 0.4) is 0 Å². The Labute approximate surface area is 138 Å². The van der Waals surface area contributed by atoms with Crippen molar-refractivity contribution in [3.8, 4) is 11.5 Å². The zero-order valence-electron chi connectivity index (χ0n) is 14.0. The molecule has 0 fully saturated rings. The molecule has 0 N–H and O–H groups in total. The highest BCUT2D eigenvalue weighted by molar-refractivity contribution is 5.96. The van der Waals surface area contributed by atoms with Crippen LogP contribution in [0.2, 0.25) is 0 Å². The molecule has 0 atom stereocenters. The quantitative estimate of drug-likeness (QED) is 0.362. The van der Waals surface area contributed by atoms with Crippen molar-refractivity contribution < 1.29 is 23.4 Å². The summed E-state index contributed by atoms with van der Waals surface area (Å²) in [5, 5.41) is 0.549. The predicted octanol–water partition coefficient (Wildman–Crippen LogP) is 3.29. The Kier molecular flexibility index (Phi) is 5.08. The molecule has 1 aromatic heterocycles. The molecule has 0 saturated carbocycles. The van der Waals surface area contributed by atoms with Crippen molar-refractivity contribution in [2.45, 2.75) is 13.8 Å². The van der Waals surface area contributed by atoms with Gasteiger partial charge in [-0.05, 0) is 19.1 Å². The van der Waals surface area contributed by atoms with E-state index in [1.165, 1.54) is 27.2 Å². The topological polar surface area (TPSA) is 75.0 Å². The number of methoxy groups -OCH3 is 2. The van der Waals surface area contributed by atoms with Crippen LogP contribution in [-0.4, -0.2) is 20.2 Å². The minimum absolute atomic E-state index is 0.175. The van der Waals surface area contributed by atoms with E-state index in [1.54, 1.807) is 25.1 Å². The molecule has 6 nitrogen and oxygen atoms in total. The van der Waals surface area contributed by atoms with Crippen molar-refractivity contribution in [3.63, 3.8) is 0 Å². The molecule has 0 saturated heterocycles. The lowest BCUT2D eigenvalue weighted by atomic mass is 10.1. The first-order valence-electron chi connectivity index (χ1n) is 7.12. The Morgan fingerprint density at radius 2 is 1.83 bits per heavy atom. The average Bonchev–Trinajstić information content (AvgIpc) is 2.51. The van der Waals surface area contributed by atoms with E-state index in [1.807, 2.05) is 0 Å². The molecule has 126 valence electrons. The smallest absolute Gasteiger partial charge is 0.336 e. The molecule has 24 heavy (non-hydrogen) atoms. The van der Waals surface area contributed by atoms with Gasteiger partial charge in [0.1, 0.15) is 22.8 Å². The summed E-state index contributed by atoms with van der Waals surface area (Å²) in [6.07, 6.45) is 1.57. The fourth-order valence-corrected chi connectivity index (χ4v) is 2.27. The van der Waals surface area contributed by atoms with Gasteiger partial charge in [-0.1, -0.05) is 12.2 Å². The second kappa shape index (κ2) is 7.04. The van der Waals surface area contributed by atoms with E-state index < -0.39 is 11.6 Å². The highest BCUT2D eigenvalue weighted by Gasteiger charge is 2.21. The van der Waals surface area contributed by atoms with Crippen molar-refractivity contribution in [2.75, 3.05) is 14.2 Å². The third kappa shape index (κ3) is 3.48. The molecule has 0 bridgehead atoms. The number of fused-ring (bicyclic) bond motifs is 1. The van der Waals surface area contributed by atoms with Gasteiger partial charge < -0.3 is 18.6 Å². The number of hydrogen-bond donors (Lipinski definition) is 0. The average molecular weight is 330 g/mol. The highest BCUT2D eigenvalue weighted by atomic mass is 16.5. The Bertz CT molecular complexity index is 888. The molecular weight excluding hydrogens is 312 g/mol. The lowest BCUT2D eigenvalue weighted by Crippen LogP contribution is -2.05. The molecule has 2 rings (SSSR count). The fourth-order valence-electron chi connectivity index (χ4n) is 2.27. The normalized spacial score (nSPS) is 11.2. The molecule has 0 amide bonds. The molecule has 0 aliphatic rings. The summed E-state index contributed by atoms with van der Waals surface area (Å²) < 4.78 is 21.3. The lowest BCUT2D eigenvalue weighted by molar-refractivity contribution is -0.134. The predicted molar refractivity (Wildman–Crippen MR) is 90.1 cm³/mol. The second-order valence-corrected chi connectivity index (χ2v) is 5.10. The SMILES string of the molecule is C=C(C)/C=C(/OC(C)=O)c1c(OC)cc(OC)c2ccc(=O)oc12. The maximum absolute atomic E-state index is 11.7. The summed E-state index contributed by atoms with van der Waals surface area (Å²) in [5.41, 5.74) is 0.642. The van der Waals surface area contributed by atoms with Gasteiger partial charge in [-0.3, -0.25) is 4.79 Å². The Hall–Kier alpha value is -3.02. The van der Waals surface area contributed by atoms with Gasteiger partial charge in [0, 0.05) is 19.1 Å². The number of allylic oxidation sites excluding steroid dienone is 2. The third-order valence-corrected chi connectivity index (χ3v) is 3.15. The molecule has 1 heterocycles. The summed E-state index contributed by atoms with van der Waals surface area (Å²) in [4.78, 5) is 23.2. The summed E-state index contributed by atoms with van der Waals surface area (Å²) in [6, 6.07) is 4.50. The molecule has 0 unspecified atom stereocenters. The molecule has 2 aromatic rings. The zero-order valence-corrected chi connectivity index (χ0v) is 14.0. The first-order valence-corrected chi connectivity index (χ1v) is 7.12. The monoisotopic (exact) mass is 330 g/mol. The Balaban J connectivity index is 2.93. The number of rotatable bonds is 5. The second-order valence-electron chi connectivity index (χ2n) is 5.10. The van der Waals surface area contributed by atoms with Crippen LogP contribution in [0.5, 0.6) is 11.5 Å². The summed E-state index contributed by atoms with van der Waals surface area (Å²) in [7, 11) is 2.95. The number of carbonyl (C=O) groups excluding carboxylic acids is 1. The van der Waals surface area contributed by atoms with E-state index in [2.05, 4.69) is 6.58 Å². The van der Waals surface area contributed by atoms with Crippen LogP contribution in [0.25, 0.3) is 16.7 Å². The van der Waals surface area contributed by atoms with E-state index in [4.69, 9.17) is 18.6 Å². The number of ether oxygens (including phenoxy) is 3.